The SMILES string of the molecule is CCOc1cc(CNCCCSc2nnnn2-c2ccccc2)c(Cl)cc1OCc1ccc(Cl)cc1Cl. The summed E-state index contributed by atoms with van der Waals surface area (Å²) in [6.45, 7) is 4.13. The van der Waals surface area contributed by atoms with Gasteiger partial charge in [-0.1, -0.05) is 70.8 Å². The number of rotatable bonds is 13. The molecule has 0 bridgehead atoms. The van der Waals surface area contributed by atoms with Gasteiger partial charge in [-0.15, -0.1) is 5.10 Å². The predicted octanol–water partition coefficient (Wildman–Crippen LogP) is 6.87. The largest absolute Gasteiger partial charge is 0.490 e. The molecule has 1 aromatic heterocycles. The molecular formula is C26H26Cl3N5O2S. The van der Waals surface area contributed by atoms with Crippen molar-refractivity contribution in [1.29, 1.82) is 0 Å². The van der Waals surface area contributed by atoms with Gasteiger partial charge in [-0.3, -0.25) is 0 Å². The molecule has 7 nitrogen and oxygen atoms in total. The van der Waals surface area contributed by atoms with Crippen molar-refractivity contribution in [3.8, 4) is 17.2 Å². The van der Waals surface area contributed by atoms with E-state index in [1.807, 2.05) is 49.4 Å². The van der Waals surface area contributed by atoms with Crippen LogP contribution in [0.25, 0.3) is 5.69 Å². The average molecular weight is 579 g/mol. The van der Waals surface area contributed by atoms with Crippen molar-refractivity contribution in [2.24, 2.45) is 0 Å². The highest BCUT2D eigenvalue weighted by Gasteiger charge is 2.13. The van der Waals surface area contributed by atoms with Crippen LogP contribution in [0.2, 0.25) is 15.1 Å². The van der Waals surface area contributed by atoms with Gasteiger partial charge in [0.25, 0.3) is 0 Å². The summed E-state index contributed by atoms with van der Waals surface area (Å²) in [7, 11) is 0. The molecule has 0 saturated carbocycles. The third-order valence-electron chi connectivity index (χ3n) is 5.30. The molecule has 0 saturated heterocycles. The molecule has 1 heterocycles. The van der Waals surface area contributed by atoms with Gasteiger partial charge in [-0.2, -0.15) is 4.68 Å². The normalized spacial score (nSPS) is 11.0. The van der Waals surface area contributed by atoms with E-state index in [1.165, 1.54) is 0 Å². The average Bonchev–Trinajstić information content (AvgIpc) is 3.37. The van der Waals surface area contributed by atoms with Crippen LogP contribution < -0.4 is 14.8 Å². The monoisotopic (exact) mass is 577 g/mol. The first kappa shape index (κ1) is 27.5. The van der Waals surface area contributed by atoms with Crippen LogP contribution in [0, 0.1) is 0 Å². The van der Waals surface area contributed by atoms with Crippen molar-refractivity contribution in [1.82, 2.24) is 25.5 Å². The first-order chi connectivity index (χ1) is 18.0. The second-order valence-corrected chi connectivity index (χ2v) is 10.2. The molecule has 0 aliphatic heterocycles. The van der Waals surface area contributed by atoms with Gasteiger partial charge in [0.2, 0.25) is 5.16 Å². The van der Waals surface area contributed by atoms with Crippen LogP contribution in [0.15, 0.2) is 65.8 Å². The molecule has 3 aromatic carbocycles. The number of halogens is 3. The van der Waals surface area contributed by atoms with Gasteiger partial charge < -0.3 is 14.8 Å². The van der Waals surface area contributed by atoms with Crippen molar-refractivity contribution in [3.63, 3.8) is 0 Å². The van der Waals surface area contributed by atoms with Crippen LogP contribution in [0.4, 0.5) is 0 Å². The Balaban J connectivity index is 1.28. The zero-order chi connectivity index (χ0) is 26.0. The van der Waals surface area contributed by atoms with Crippen molar-refractivity contribution in [2.75, 3.05) is 18.9 Å². The highest BCUT2D eigenvalue weighted by atomic mass is 35.5. The molecule has 0 unspecified atom stereocenters. The van der Waals surface area contributed by atoms with Gasteiger partial charge in [0.05, 0.1) is 12.3 Å². The Morgan fingerprint density at radius 2 is 1.70 bits per heavy atom. The number of hydrogen-bond acceptors (Lipinski definition) is 7. The number of tetrazole rings is 1. The first-order valence-corrected chi connectivity index (χ1v) is 13.9. The Morgan fingerprint density at radius 1 is 0.919 bits per heavy atom. The number of ether oxygens (including phenoxy) is 2. The lowest BCUT2D eigenvalue weighted by atomic mass is 10.2. The van der Waals surface area contributed by atoms with Gasteiger partial charge in [-0.05, 0) is 66.2 Å². The van der Waals surface area contributed by atoms with Gasteiger partial charge in [-0.25, -0.2) is 0 Å². The molecule has 0 aliphatic carbocycles. The Hall–Kier alpha value is -2.49. The Kier molecular flexibility index (Phi) is 10.3. The molecule has 0 fully saturated rings. The fourth-order valence-corrected chi connectivity index (χ4v) is 4.99. The lowest BCUT2D eigenvalue weighted by Crippen LogP contribution is -2.16. The zero-order valence-corrected chi connectivity index (χ0v) is 23.2. The minimum Gasteiger partial charge on any atom is -0.490 e. The second kappa shape index (κ2) is 13.9. The number of thioether (sulfide) groups is 1. The summed E-state index contributed by atoms with van der Waals surface area (Å²) in [6.07, 6.45) is 0.936. The quantitative estimate of drug-likeness (QED) is 0.137. The van der Waals surface area contributed by atoms with Gasteiger partial charge in [0, 0.05) is 39.0 Å². The molecule has 11 heteroatoms. The molecular weight excluding hydrogens is 553 g/mol. The van der Waals surface area contributed by atoms with Crippen LogP contribution in [0.1, 0.15) is 24.5 Å². The van der Waals surface area contributed by atoms with E-state index in [9.17, 15) is 0 Å². The molecule has 0 spiro atoms. The molecule has 4 aromatic rings. The van der Waals surface area contributed by atoms with Crippen LogP contribution in [0.5, 0.6) is 11.5 Å². The van der Waals surface area contributed by atoms with Crippen molar-refractivity contribution >= 4 is 46.6 Å². The first-order valence-electron chi connectivity index (χ1n) is 11.7. The predicted molar refractivity (Wildman–Crippen MR) is 150 cm³/mol. The van der Waals surface area contributed by atoms with E-state index in [-0.39, 0.29) is 6.61 Å². The Bertz CT molecular complexity index is 1310. The fourth-order valence-electron chi connectivity index (χ4n) is 3.47. The van der Waals surface area contributed by atoms with E-state index in [0.717, 1.165) is 40.7 Å². The maximum Gasteiger partial charge on any atom is 0.214 e. The van der Waals surface area contributed by atoms with E-state index in [0.29, 0.717) is 39.7 Å². The number of aromatic nitrogens is 4. The van der Waals surface area contributed by atoms with E-state index in [2.05, 4.69) is 20.8 Å². The molecule has 37 heavy (non-hydrogen) atoms. The summed E-state index contributed by atoms with van der Waals surface area (Å²) in [5.74, 6) is 2.07. The summed E-state index contributed by atoms with van der Waals surface area (Å²) in [4.78, 5) is 0. The molecule has 1 N–H and O–H groups in total. The number of benzene rings is 3. The van der Waals surface area contributed by atoms with Crippen LogP contribution in [-0.2, 0) is 13.2 Å². The summed E-state index contributed by atoms with van der Waals surface area (Å²) in [6, 6.07) is 18.9. The summed E-state index contributed by atoms with van der Waals surface area (Å²) in [5, 5.41) is 18.0. The summed E-state index contributed by atoms with van der Waals surface area (Å²) in [5.41, 5.74) is 2.70. The summed E-state index contributed by atoms with van der Waals surface area (Å²) < 4.78 is 13.6. The molecule has 0 aliphatic rings. The molecule has 0 amide bonds. The maximum atomic E-state index is 6.57. The van der Waals surface area contributed by atoms with Gasteiger partial charge in [0.1, 0.15) is 6.61 Å². The van der Waals surface area contributed by atoms with Crippen LogP contribution in [0.3, 0.4) is 0 Å². The second-order valence-electron chi connectivity index (χ2n) is 7.94. The maximum absolute atomic E-state index is 6.57. The van der Waals surface area contributed by atoms with E-state index in [4.69, 9.17) is 44.3 Å². The minimum absolute atomic E-state index is 0.273. The number of hydrogen-bond donors (Lipinski definition) is 1. The topological polar surface area (TPSA) is 74.1 Å². The third kappa shape index (κ3) is 7.75. The van der Waals surface area contributed by atoms with Crippen LogP contribution in [-0.4, -0.2) is 39.1 Å². The molecule has 194 valence electrons. The van der Waals surface area contributed by atoms with E-state index in [1.54, 1.807) is 34.6 Å². The number of para-hydroxylation sites is 1. The Morgan fingerprint density at radius 3 is 2.49 bits per heavy atom. The highest BCUT2D eigenvalue weighted by molar-refractivity contribution is 7.99. The molecule has 4 rings (SSSR count). The lowest BCUT2D eigenvalue weighted by Gasteiger charge is -2.16. The van der Waals surface area contributed by atoms with Crippen molar-refractivity contribution in [2.45, 2.75) is 31.7 Å². The van der Waals surface area contributed by atoms with E-state index >= 15 is 0 Å². The smallest absolute Gasteiger partial charge is 0.214 e. The van der Waals surface area contributed by atoms with E-state index < -0.39 is 0 Å². The number of nitrogens with one attached hydrogen (secondary N) is 1. The van der Waals surface area contributed by atoms with Crippen molar-refractivity contribution in [3.05, 3.63) is 86.9 Å². The van der Waals surface area contributed by atoms with Crippen molar-refractivity contribution < 1.29 is 9.47 Å². The van der Waals surface area contributed by atoms with Gasteiger partial charge >= 0.3 is 0 Å². The lowest BCUT2D eigenvalue weighted by molar-refractivity contribution is 0.269. The minimum atomic E-state index is 0.273. The molecule has 0 radical (unpaired) electrons. The zero-order valence-electron chi connectivity index (χ0n) is 20.2. The van der Waals surface area contributed by atoms with Crippen LogP contribution >= 0.6 is 46.6 Å². The van der Waals surface area contributed by atoms with Gasteiger partial charge in [0.15, 0.2) is 11.5 Å². The standard InChI is InChI=1S/C26H26Cl3N5O2S/c1-2-35-24-13-19(23(29)15-25(24)36-17-18-9-10-20(27)14-22(18)28)16-30-11-6-12-37-26-31-32-33-34(26)21-7-4-3-5-8-21/h3-5,7-10,13-15,30H,2,6,11-12,16-17H2,1H3. The third-order valence-corrected chi connectivity index (χ3v) is 7.24. The number of nitrogens with zero attached hydrogens (tertiary/aromatic N) is 4. The summed E-state index contributed by atoms with van der Waals surface area (Å²) >= 11 is 20.4. The fraction of sp³-hybridized carbons (Fsp3) is 0.269. The molecule has 0 atom stereocenters. The highest BCUT2D eigenvalue weighted by Crippen LogP contribution is 2.35. The Labute approximate surface area is 235 Å².